The van der Waals surface area contributed by atoms with Crippen LogP contribution >= 0.6 is 24.0 Å². The van der Waals surface area contributed by atoms with Crippen LogP contribution in [0.2, 0.25) is 0 Å². The number of nitrogens with zero attached hydrogens (tertiary/aromatic N) is 1. The van der Waals surface area contributed by atoms with E-state index in [0.717, 1.165) is 29.8 Å². The number of guanidine groups is 1. The van der Waals surface area contributed by atoms with E-state index in [1.165, 1.54) is 5.56 Å². The monoisotopic (exact) mass is 497 g/mol. The number of hydrogen-bond donors (Lipinski definition) is 2. The topological polar surface area (TPSA) is 64.1 Å². The van der Waals surface area contributed by atoms with Crippen LogP contribution in [-0.2, 0) is 0 Å². The fourth-order valence-electron chi connectivity index (χ4n) is 3.03. The van der Waals surface area contributed by atoms with Crippen LogP contribution in [0.1, 0.15) is 18.4 Å². The van der Waals surface area contributed by atoms with Crippen molar-refractivity contribution in [1.29, 1.82) is 0 Å². The van der Waals surface area contributed by atoms with Gasteiger partial charge >= 0.3 is 0 Å². The Morgan fingerprint density at radius 2 is 1.86 bits per heavy atom. The van der Waals surface area contributed by atoms with Gasteiger partial charge in [-0.15, -0.1) is 24.0 Å². The SMILES string of the molecule is CN=C(NCC1COc2ccccc2O1)NCC(C)c1ccccc1OC.I. The van der Waals surface area contributed by atoms with Crippen molar-refractivity contribution in [3.05, 3.63) is 54.1 Å². The fourth-order valence-corrected chi connectivity index (χ4v) is 3.03. The molecule has 0 radical (unpaired) electrons. The zero-order valence-electron chi connectivity index (χ0n) is 16.5. The highest BCUT2D eigenvalue weighted by Gasteiger charge is 2.20. The third-order valence-corrected chi connectivity index (χ3v) is 4.53. The molecule has 152 valence electrons. The van der Waals surface area contributed by atoms with E-state index >= 15 is 0 Å². The number of para-hydroxylation sites is 3. The van der Waals surface area contributed by atoms with Crippen LogP contribution in [0.15, 0.2) is 53.5 Å². The lowest BCUT2D eigenvalue weighted by Crippen LogP contribution is -2.46. The molecule has 2 N–H and O–H groups in total. The molecular formula is C21H28IN3O3. The lowest BCUT2D eigenvalue weighted by molar-refractivity contribution is 0.0936. The highest BCUT2D eigenvalue weighted by atomic mass is 127. The summed E-state index contributed by atoms with van der Waals surface area (Å²) in [6.07, 6.45) is -0.0647. The van der Waals surface area contributed by atoms with E-state index in [4.69, 9.17) is 14.2 Å². The summed E-state index contributed by atoms with van der Waals surface area (Å²) in [5.74, 6) is 3.49. The van der Waals surface area contributed by atoms with Gasteiger partial charge in [0.15, 0.2) is 17.5 Å². The predicted octanol–water partition coefficient (Wildman–Crippen LogP) is 3.42. The molecule has 7 heteroatoms. The zero-order chi connectivity index (χ0) is 19.1. The Morgan fingerprint density at radius 3 is 2.61 bits per heavy atom. The summed E-state index contributed by atoms with van der Waals surface area (Å²) in [6, 6.07) is 15.8. The molecule has 1 heterocycles. The maximum atomic E-state index is 5.97. The van der Waals surface area contributed by atoms with Crippen LogP contribution in [0.3, 0.4) is 0 Å². The highest BCUT2D eigenvalue weighted by molar-refractivity contribution is 14.0. The summed E-state index contributed by atoms with van der Waals surface area (Å²) >= 11 is 0. The number of hydrogen-bond acceptors (Lipinski definition) is 4. The first-order valence-corrected chi connectivity index (χ1v) is 9.17. The highest BCUT2D eigenvalue weighted by Crippen LogP contribution is 2.30. The van der Waals surface area contributed by atoms with E-state index < -0.39 is 0 Å². The average Bonchev–Trinajstić information content (AvgIpc) is 2.73. The maximum Gasteiger partial charge on any atom is 0.191 e. The Morgan fingerprint density at radius 1 is 1.14 bits per heavy atom. The molecule has 2 atom stereocenters. The molecule has 0 bridgehead atoms. The van der Waals surface area contributed by atoms with Crippen molar-refractivity contribution in [2.75, 3.05) is 33.9 Å². The van der Waals surface area contributed by atoms with Gasteiger partial charge in [0, 0.05) is 19.5 Å². The Kier molecular flexibility index (Phi) is 8.69. The number of benzene rings is 2. The minimum absolute atomic E-state index is 0. The smallest absolute Gasteiger partial charge is 0.191 e. The first kappa shape index (κ1) is 22.1. The van der Waals surface area contributed by atoms with Crippen LogP contribution in [0.25, 0.3) is 0 Å². The van der Waals surface area contributed by atoms with E-state index in [9.17, 15) is 0 Å². The fraction of sp³-hybridized carbons (Fsp3) is 0.381. The average molecular weight is 497 g/mol. The molecule has 6 nitrogen and oxygen atoms in total. The molecule has 2 aromatic carbocycles. The van der Waals surface area contributed by atoms with Crippen molar-refractivity contribution in [2.45, 2.75) is 18.9 Å². The third kappa shape index (κ3) is 5.67. The molecule has 0 fully saturated rings. The molecule has 0 aromatic heterocycles. The normalized spacial score (nSPS) is 16.5. The number of nitrogens with one attached hydrogen (secondary N) is 2. The van der Waals surface area contributed by atoms with Gasteiger partial charge in [-0.25, -0.2) is 0 Å². The Balaban J connectivity index is 0.00000280. The Bertz CT molecular complexity index is 785. The molecule has 3 rings (SSSR count). The molecule has 28 heavy (non-hydrogen) atoms. The number of methoxy groups -OCH3 is 1. The van der Waals surface area contributed by atoms with Crippen molar-refractivity contribution in [2.24, 2.45) is 4.99 Å². The van der Waals surface area contributed by atoms with E-state index in [0.29, 0.717) is 13.2 Å². The molecule has 2 aromatic rings. The molecule has 2 unspecified atom stereocenters. The van der Waals surface area contributed by atoms with Crippen molar-refractivity contribution in [3.8, 4) is 17.2 Å². The van der Waals surface area contributed by atoms with Crippen molar-refractivity contribution in [1.82, 2.24) is 10.6 Å². The minimum atomic E-state index is -0.0647. The largest absolute Gasteiger partial charge is 0.496 e. The molecular weight excluding hydrogens is 469 g/mol. The van der Waals surface area contributed by atoms with Crippen molar-refractivity contribution >= 4 is 29.9 Å². The summed E-state index contributed by atoms with van der Waals surface area (Å²) < 4.78 is 17.2. The van der Waals surface area contributed by atoms with Gasteiger partial charge in [0.05, 0.1) is 13.7 Å². The number of ether oxygens (including phenoxy) is 3. The van der Waals surface area contributed by atoms with Gasteiger partial charge in [0.2, 0.25) is 0 Å². The van der Waals surface area contributed by atoms with Crippen LogP contribution in [-0.4, -0.2) is 45.9 Å². The van der Waals surface area contributed by atoms with Crippen molar-refractivity contribution < 1.29 is 14.2 Å². The van der Waals surface area contributed by atoms with Crippen molar-refractivity contribution in [3.63, 3.8) is 0 Å². The van der Waals surface area contributed by atoms with Gasteiger partial charge in [-0.3, -0.25) is 4.99 Å². The van der Waals surface area contributed by atoms with Crippen LogP contribution < -0.4 is 24.8 Å². The first-order valence-electron chi connectivity index (χ1n) is 9.17. The maximum absolute atomic E-state index is 5.97. The number of halogens is 1. The van der Waals surface area contributed by atoms with Gasteiger partial charge in [-0.05, 0) is 23.8 Å². The zero-order valence-corrected chi connectivity index (χ0v) is 18.8. The Labute approximate surface area is 183 Å². The molecule has 0 saturated carbocycles. The molecule has 0 spiro atoms. The van der Waals surface area contributed by atoms with Gasteiger partial charge in [0.25, 0.3) is 0 Å². The second kappa shape index (κ2) is 11.0. The van der Waals surface area contributed by atoms with Gasteiger partial charge in [-0.1, -0.05) is 37.3 Å². The van der Waals surface area contributed by atoms with E-state index in [2.05, 4.69) is 28.6 Å². The van der Waals surface area contributed by atoms with Crippen LogP contribution in [0.4, 0.5) is 0 Å². The standard InChI is InChI=1S/C21H27N3O3.HI/c1-15(17-8-4-5-9-18(17)25-3)12-23-21(22-2)24-13-16-14-26-19-10-6-7-11-20(19)27-16;/h4-11,15-16H,12-14H2,1-3H3,(H2,22,23,24);1H. The first-order chi connectivity index (χ1) is 13.2. The van der Waals surface area contributed by atoms with E-state index in [-0.39, 0.29) is 36.0 Å². The summed E-state index contributed by atoms with van der Waals surface area (Å²) in [4.78, 5) is 4.29. The third-order valence-electron chi connectivity index (χ3n) is 4.53. The summed E-state index contributed by atoms with van der Waals surface area (Å²) in [7, 11) is 3.46. The van der Waals surface area contributed by atoms with Gasteiger partial charge in [-0.2, -0.15) is 0 Å². The minimum Gasteiger partial charge on any atom is -0.496 e. The Hall–Kier alpha value is -2.16. The summed E-state index contributed by atoms with van der Waals surface area (Å²) in [6.45, 7) is 4.02. The quantitative estimate of drug-likeness (QED) is 0.364. The molecule has 0 amide bonds. The van der Waals surface area contributed by atoms with E-state index in [1.54, 1.807) is 14.2 Å². The number of fused-ring (bicyclic) bond motifs is 1. The predicted molar refractivity (Wildman–Crippen MR) is 123 cm³/mol. The molecule has 0 aliphatic carbocycles. The van der Waals surface area contributed by atoms with Crippen LogP contribution in [0.5, 0.6) is 17.2 Å². The van der Waals surface area contributed by atoms with Gasteiger partial charge < -0.3 is 24.8 Å². The lowest BCUT2D eigenvalue weighted by Gasteiger charge is -2.27. The molecule has 1 aliphatic heterocycles. The summed E-state index contributed by atoms with van der Waals surface area (Å²) in [5.41, 5.74) is 1.17. The molecule has 0 saturated heterocycles. The number of aliphatic imine (C=N–C) groups is 1. The van der Waals surface area contributed by atoms with Gasteiger partial charge in [0.1, 0.15) is 18.5 Å². The van der Waals surface area contributed by atoms with E-state index in [1.807, 2.05) is 42.5 Å². The summed E-state index contributed by atoms with van der Waals surface area (Å²) in [5, 5.41) is 6.67. The molecule has 1 aliphatic rings. The lowest BCUT2D eigenvalue weighted by atomic mass is 10.0. The second-order valence-corrected chi connectivity index (χ2v) is 6.47. The number of rotatable bonds is 6. The second-order valence-electron chi connectivity index (χ2n) is 6.47. The van der Waals surface area contributed by atoms with Crippen LogP contribution in [0, 0.1) is 0 Å².